The molecular weight excluding hydrogens is 248 g/mol. The molecule has 0 saturated heterocycles. The van der Waals surface area contributed by atoms with Crippen LogP contribution >= 0.6 is 0 Å². The van der Waals surface area contributed by atoms with Gasteiger partial charge in [-0.05, 0) is 26.8 Å². The summed E-state index contributed by atoms with van der Waals surface area (Å²) in [6, 6.07) is 5.13. The first-order chi connectivity index (χ1) is 8.83. The van der Waals surface area contributed by atoms with Gasteiger partial charge in [-0.1, -0.05) is 12.1 Å². The maximum Gasteiger partial charge on any atom is 0.422 e. The van der Waals surface area contributed by atoms with Crippen LogP contribution in [0.2, 0.25) is 0 Å². The number of para-hydroxylation sites is 1. The third kappa shape index (κ3) is 5.05. The minimum Gasteiger partial charge on any atom is -0.504 e. The van der Waals surface area contributed by atoms with Gasteiger partial charge in [0.1, 0.15) is 5.60 Å². The van der Waals surface area contributed by atoms with Crippen LogP contribution in [0.15, 0.2) is 18.2 Å². The van der Waals surface area contributed by atoms with Gasteiger partial charge in [0, 0.05) is 12.1 Å². The Hall–Kier alpha value is -1.95. The molecule has 0 aliphatic rings. The molecule has 1 amide bonds. The molecule has 0 atom stereocenters. The van der Waals surface area contributed by atoms with Crippen LogP contribution in [0.25, 0.3) is 0 Å². The predicted octanol–water partition coefficient (Wildman–Crippen LogP) is 1.93. The molecule has 3 N–H and O–H groups in total. The van der Waals surface area contributed by atoms with E-state index in [0.29, 0.717) is 11.3 Å². The summed E-state index contributed by atoms with van der Waals surface area (Å²) < 4.78 is 10.0. The molecule has 106 valence electrons. The molecule has 0 heterocycles. The second-order valence-corrected chi connectivity index (χ2v) is 4.95. The van der Waals surface area contributed by atoms with E-state index in [1.54, 1.807) is 39.0 Å². The smallest absolute Gasteiger partial charge is 0.422 e. The molecule has 0 aliphatic carbocycles. The maximum atomic E-state index is 11.4. The molecule has 0 saturated carbocycles. The van der Waals surface area contributed by atoms with Gasteiger partial charge in [0.25, 0.3) is 0 Å². The Morgan fingerprint density at radius 1 is 1.37 bits per heavy atom. The second kappa shape index (κ2) is 6.29. The Labute approximate surface area is 112 Å². The van der Waals surface area contributed by atoms with Crippen LogP contribution in [0, 0.1) is 0 Å². The number of carbonyl (C=O) groups is 1. The number of rotatable bonds is 4. The average molecular weight is 268 g/mol. The number of amides is 1. The highest BCUT2D eigenvalue weighted by atomic mass is 16.6. The molecule has 0 bridgehead atoms. The third-order valence-electron chi connectivity index (χ3n) is 2.17. The molecule has 6 heteroatoms. The summed E-state index contributed by atoms with van der Waals surface area (Å²) in [6.45, 7) is 5.59. The molecule has 19 heavy (non-hydrogen) atoms. The quantitative estimate of drug-likeness (QED) is 0.727. The van der Waals surface area contributed by atoms with Crippen molar-refractivity contribution in [2.45, 2.75) is 32.9 Å². The first-order valence-electron chi connectivity index (χ1n) is 5.90. The summed E-state index contributed by atoms with van der Waals surface area (Å²) >= 11 is 0. The van der Waals surface area contributed by atoms with E-state index in [9.17, 15) is 9.90 Å². The summed E-state index contributed by atoms with van der Waals surface area (Å²) in [4.78, 5) is 11.4. The molecule has 0 unspecified atom stereocenters. The molecule has 6 nitrogen and oxygen atoms in total. The lowest BCUT2D eigenvalue weighted by Gasteiger charge is -2.20. The number of phenols is 1. The van der Waals surface area contributed by atoms with E-state index in [0.717, 1.165) is 0 Å². The first-order valence-corrected chi connectivity index (χ1v) is 5.90. The van der Waals surface area contributed by atoms with Crippen molar-refractivity contribution in [3.8, 4) is 11.5 Å². The maximum absolute atomic E-state index is 11.4. The van der Waals surface area contributed by atoms with Crippen molar-refractivity contribution in [3.05, 3.63) is 23.8 Å². The van der Waals surface area contributed by atoms with Gasteiger partial charge in [-0.3, -0.25) is 5.43 Å². The van der Waals surface area contributed by atoms with E-state index >= 15 is 0 Å². The minimum absolute atomic E-state index is 0.0449. The summed E-state index contributed by atoms with van der Waals surface area (Å²) in [6.07, 6.45) is -0.574. The van der Waals surface area contributed by atoms with Crippen LogP contribution in [-0.2, 0) is 11.3 Å². The fraction of sp³-hybridized carbons (Fsp3) is 0.462. The Morgan fingerprint density at radius 3 is 2.63 bits per heavy atom. The number of hydrogen-bond donors (Lipinski definition) is 3. The minimum atomic E-state index is -0.574. The summed E-state index contributed by atoms with van der Waals surface area (Å²) in [5.41, 5.74) is 5.12. The van der Waals surface area contributed by atoms with Crippen LogP contribution in [0.5, 0.6) is 11.5 Å². The van der Waals surface area contributed by atoms with E-state index in [1.807, 2.05) is 0 Å². The van der Waals surface area contributed by atoms with Crippen molar-refractivity contribution < 1.29 is 19.4 Å². The molecule has 1 aromatic rings. The van der Waals surface area contributed by atoms with Crippen molar-refractivity contribution in [1.82, 2.24) is 10.9 Å². The van der Waals surface area contributed by atoms with Gasteiger partial charge in [-0.15, -0.1) is 0 Å². The van der Waals surface area contributed by atoms with Gasteiger partial charge in [-0.25, -0.2) is 10.2 Å². The van der Waals surface area contributed by atoms with Crippen molar-refractivity contribution in [2.75, 3.05) is 7.11 Å². The Balaban J connectivity index is 2.48. The lowest BCUT2D eigenvalue weighted by atomic mass is 10.2. The second-order valence-electron chi connectivity index (χ2n) is 4.95. The van der Waals surface area contributed by atoms with E-state index < -0.39 is 11.7 Å². The standard InChI is InChI=1S/C13H20N2O4/c1-13(2,3)19-12(17)15-14-8-9-6-5-7-10(18-4)11(9)16/h5-7,14,16H,8H2,1-4H3,(H,15,17). The molecule has 0 radical (unpaired) electrons. The van der Waals surface area contributed by atoms with Crippen molar-refractivity contribution in [3.63, 3.8) is 0 Å². The van der Waals surface area contributed by atoms with Crippen LogP contribution in [0.3, 0.4) is 0 Å². The summed E-state index contributed by atoms with van der Waals surface area (Å²) in [7, 11) is 1.48. The number of aromatic hydroxyl groups is 1. The van der Waals surface area contributed by atoms with E-state index in [-0.39, 0.29) is 12.3 Å². The lowest BCUT2D eigenvalue weighted by molar-refractivity contribution is 0.0496. The SMILES string of the molecule is COc1cccc(CNNC(=O)OC(C)(C)C)c1O. The van der Waals surface area contributed by atoms with E-state index in [2.05, 4.69) is 10.9 Å². The average Bonchev–Trinajstić information content (AvgIpc) is 2.29. The van der Waals surface area contributed by atoms with Crippen LogP contribution in [0.1, 0.15) is 26.3 Å². The number of ether oxygens (including phenoxy) is 2. The van der Waals surface area contributed by atoms with Gasteiger partial charge in [0.05, 0.1) is 7.11 Å². The van der Waals surface area contributed by atoms with Gasteiger partial charge in [0.2, 0.25) is 0 Å². The van der Waals surface area contributed by atoms with Crippen LogP contribution in [0.4, 0.5) is 4.79 Å². The third-order valence-corrected chi connectivity index (χ3v) is 2.17. The van der Waals surface area contributed by atoms with Crippen LogP contribution in [-0.4, -0.2) is 23.9 Å². The molecule has 0 fully saturated rings. The van der Waals surface area contributed by atoms with Gasteiger partial charge in [0.15, 0.2) is 11.5 Å². The zero-order valence-corrected chi connectivity index (χ0v) is 11.6. The number of carbonyl (C=O) groups excluding carboxylic acids is 1. The van der Waals surface area contributed by atoms with Crippen molar-refractivity contribution in [1.29, 1.82) is 0 Å². The lowest BCUT2D eigenvalue weighted by Crippen LogP contribution is -2.40. The van der Waals surface area contributed by atoms with Gasteiger partial charge in [-0.2, -0.15) is 0 Å². The number of hydrazine groups is 1. The Morgan fingerprint density at radius 2 is 2.05 bits per heavy atom. The highest BCUT2D eigenvalue weighted by molar-refractivity contribution is 5.67. The normalized spacial score (nSPS) is 10.9. The summed E-state index contributed by atoms with van der Waals surface area (Å²) in [5.74, 6) is 0.431. The van der Waals surface area contributed by atoms with Crippen LogP contribution < -0.4 is 15.6 Å². The van der Waals surface area contributed by atoms with E-state index in [4.69, 9.17) is 9.47 Å². The first kappa shape index (κ1) is 15.1. The Bertz CT molecular complexity index is 441. The molecule has 1 aromatic carbocycles. The molecule has 0 spiro atoms. The zero-order chi connectivity index (χ0) is 14.5. The van der Waals surface area contributed by atoms with E-state index in [1.165, 1.54) is 7.11 Å². The Kier molecular flexibility index (Phi) is 5.00. The zero-order valence-electron chi connectivity index (χ0n) is 11.6. The largest absolute Gasteiger partial charge is 0.504 e. The van der Waals surface area contributed by atoms with Crippen molar-refractivity contribution in [2.24, 2.45) is 0 Å². The monoisotopic (exact) mass is 268 g/mol. The fourth-order valence-corrected chi connectivity index (χ4v) is 1.39. The number of hydrogen-bond acceptors (Lipinski definition) is 5. The molecule has 1 rings (SSSR count). The predicted molar refractivity (Wildman–Crippen MR) is 70.9 cm³/mol. The highest BCUT2D eigenvalue weighted by Crippen LogP contribution is 2.28. The number of benzene rings is 1. The fourth-order valence-electron chi connectivity index (χ4n) is 1.39. The highest BCUT2D eigenvalue weighted by Gasteiger charge is 2.15. The molecular formula is C13H20N2O4. The number of phenolic OH excluding ortho intramolecular Hbond substituents is 1. The molecule has 0 aliphatic heterocycles. The topological polar surface area (TPSA) is 79.8 Å². The van der Waals surface area contributed by atoms with Gasteiger partial charge < -0.3 is 14.6 Å². The molecule has 0 aromatic heterocycles. The summed E-state index contributed by atoms with van der Waals surface area (Å²) in [5, 5.41) is 9.83. The number of nitrogens with one attached hydrogen (secondary N) is 2. The van der Waals surface area contributed by atoms with Crippen molar-refractivity contribution >= 4 is 6.09 Å². The van der Waals surface area contributed by atoms with Gasteiger partial charge >= 0.3 is 6.09 Å². The number of methoxy groups -OCH3 is 1.